The molecule has 0 aliphatic heterocycles. The van der Waals surface area contributed by atoms with Gasteiger partial charge in [-0.2, -0.15) is 0 Å². The van der Waals surface area contributed by atoms with Crippen LogP contribution >= 0.6 is 0 Å². The first-order chi connectivity index (χ1) is 1.00. The van der Waals surface area contributed by atoms with Crippen molar-refractivity contribution in [2.45, 2.75) is 0 Å². The summed E-state index contributed by atoms with van der Waals surface area (Å²) in [5, 5.41) is 0. The average Bonchev–Trinajstić information content (AvgIpc) is 1.00. The molecular weight excluding hydrogens is 689 g/mol. The Morgan fingerprint density at radius 3 is 1.00 bits per heavy atom. The van der Waals surface area contributed by atoms with Gasteiger partial charge in [0.2, 0.25) is 0 Å². The molecule has 0 bridgehead atoms. The second kappa shape index (κ2) is 62.2. The predicted molar refractivity (Wildman–Crippen MR) is 37.0 cm³/mol. The second-order valence-electron chi connectivity index (χ2n) is 0. The summed E-state index contributed by atoms with van der Waals surface area (Å²) in [5.74, 6) is 0. The molecule has 0 heterocycles. The topological polar surface area (TPSA) is 0 Å². The molecule has 0 atom stereocenters. The van der Waals surface area contributed by atoms with Crippen molar-refractivity contribution >= 4 is 69.9 Å². The molecule has 8 heavy (non-hydrogen) atoms. The maximum absolute atomic E-state index is 1.44. The average molecular weight is 700 g/mol. The van der Waals surface area contributed by atoms with Crippen molar-refractivity contribution in [3.05, 3.63) is 0 Å². The molecule has 0 aliphatic rings. The Morgan fingerprint density at radius 1 is 1.00 bits per heavy atom. The van der Waals surface area contributed by atoms with Crippen LogP contribution in [0, 0.1) is 0 Å². The molecule has 0 amide bonds. The van der Waals surface area contributed by atoms with Crippen molar-refractivity contribution in [2.75, 3.05) is 0 Å². The maximum Gasteiger partial charge on any atom is 0 e. The molecule has 0 fully saturated rings. The van der Waals surface area contributed by atoms with E-state index in [0.717, 1.165) is 0 Å². The monoisotopic (exact) mass is 702 g/mol. The zero-order valence-corrected chi connectivity index (χ0v) is 20.2. The Bertz CT molecular complexity index is 22.0. The van der Waals surface area contributed by atoms with Crippen LogP contribution in [-0.2, 0) is 76.3 Å². The van der Waals surface area contributed by atoms with E-state index in [1.165, 1.54) is 19.5 Å². The third kappa shape index (κ3) is 46.6. The molecule has 0 N–H and O–H groups in total. The summed E-state index contributed by atoms with van der Waals surface area (Å²) in [6.45, 7) is 0. The van der Waals surface area contributed by atoms with Gasteiger partial charge in [-0.05, 0) is 19.5 Å². The molecule has 0 rings (SSSR count). The fourth-order valence-corrected chi connectivity index (χ4v) is 0. The zero-order valence-electron chi connectivity index (χ0n) is 4.16. The fourth-order valence-electron chi connectivity index (χ4n) is 0. The Morgan fingerprint density at radius 2 is 1.00 bits per heavy atom. The molecule has 8 heteroatoms. The standard InChI is InChI=1S/Fe.Mg.Mn.Mo.Pb.Pt.H6Si2.4H/c;;;;;;1-2;;;;/h;;;;;;1-2H3;;;;. The predicted octanol–water partition coefficient (Wildman–Crippen LogP) is -4.21. The Hall–Kier alpha value is 4.54. The van der Waals surface area contributed by atoms with Crippen LogP contribution < -0.4 is 0 Å². The quantitative estimate of drug-likeness (QED) is 0.226. The SMILES string of the molecule is [Fe].[MgH2].[Mn].[Mo].[PbH2].[Pt].[SiH3][SiH3]. The van der Waals surface area contributed by atoms with Gasteiger partial charge in [-0.3, -0.25) is 0 Å². The maximum atomic E-state index is 1.44. The molecule has 0 saturated carbocycles. The van der Waals surface area contributed by atoms with E-state index >= 15 is 0 Å². The van der Waals surface area contributed by atoms with Crippen molar-refractivity contribution in [1.29, 1.82) is 0 Å². The Kier molecular flexibility index (Phi) is 423. The second-order valence-corrected chi connectivity index (χ2v) is 0. The summed E-state index contributed by atoms with van der Waals surface area (Å²) in [4.78, 5) is 0. The van der Waals surface area contributed by atoms with E-state index < -0.39 is 0 Å². The first kappa shape index (κ1) is 54.4. The third-order valence-electron chi connectivity index (χ3n) is 0. The summed E-state index contributed by atoms with van der Waals surface area (Å²) in [7, 11) is 2.89. The van der Waals surface area contributed by atoms with Crippen molar-refractivity contribution in [1.82, 2.24) is 0 Å². The van der Waals surface area contributed by atoms with Gasteiger partial charge >= 0.3 is 50.4 Å². The minimum atomic E-state index is 0. The molecule has 55 valence electrons. The van der Waals surface area contributed by atoms with Crippen molar-refractivity contribution in [3.8, 4) is 0 Å². The molecule has 0 aromatic carbocycles. The third-order valence-corrected chi connectivity index (χ3v) is 0. The Balaban J connectivity index is -0.000000000333. The van der Waals surface area contributed by atoms with E-state index in [4.69, 9.17) is 0 Å². The summed E-state index contributed by atoms with van der Waals surface area (Å²) in [5.41, 5.74) is 0. The van der Waals surface area contributed by atoms with Gasteiger partial charge < -0.3 is 0 Å². The molecule has 0 spiro atoms. The molecule has 0 saturated heterocycles. The molecule has 0 aliphatic carbocycles. The molecule has 0 nitrogen and oxygen atoms in total. The van der Waals surface area contributed by atoms with Crippen molar-refractivity contribution in [2.24, 2.45) is 0 Å². The van der Waals surface area contributed by atoms with Gasteiger partial charge in [-0.15, -0.1) is 0 Å². The summed E-state index contributed by atoms with van der Waals surface area (Å²) < 4.78 is 0. The van der Waals surface area contributed by atoms with Gasteiger partial charge in [-0.25, -0.2) is 0 Å². The van der Waals surface area contributed by atoms with Gasteiger partial charge in [-0.1, -0.05) is 0 Å². The van der Waals surface area contributed by atoms with Gasteiger partial charge in [0.1, 0.15) is 0 Å². The van der Waals surface area contributed by atoms with E-state index in [1.807, 2.05) is 0 Å². The van der Waals surface area contributed by atoms with Crippen LogP contribution in [0.2, 0.25) is 0 Å². The van der Waals surface area contributed by atoms with E-state index in [9.17, 15) is 0 Å². The van der Waals surface area contributed by atoms with Gasteiger partial charge in [0.05, 0.1) is 0 Å². The van der Waals surface area contributed by atoms with Crippen LogP contribution in [-0.4, -0.2) is 69.9 Å². The minimum Gasteiger partial charge on any atom is -0.0125 e. The van der Waals surface area contributed by atoms with Gasteiger partial charge in [0, 0.05) is 76.3 Å². The van der Waals surface area contributed by atoms with E-state index in [2.05, 4.69) is 0 Å². The first-order valence-corrected chi connectivity index (χ1v) is 9.00. The van der Waals surface area contributed by atoms with Crippen LogP contribution in [0.15, 0.2) is 0 Å². The minimum absolute atomic E-state index is 0. The first-order valence-electron chi connectivity index (χ1n) is 1.00. The number of hydrogen-bond donors (Lipinski definition) is 0. The molecule has 0 aromatic rings. The van der Waals surface area contributed by atoms with Crippen LogP contribution in [0.4, 0.5) is 0 Å². The van der Waals surface area contributed by atoms with Crippen LogP contribution in [0.3, 0.4) is 0 Å². The number of rotatable bonds is 0. The molecule has 3 radical (unpaired) electrons. The smallest absolute Gasteiger partial charge is 0 e. The summed E-state index contributed by atoms with van der Waals surface area (Å²) in [6, 6.07) is 0. The van der Waals surface area contributed by atoms with E-state index in [0.29, 0.717) is 0 Å². The van der Waals surface area contributed by atoms with Gasteiger partial charge in [0.25, 0.3) is 0 Å². The normalized spacial score (nSPS) is 1.50. The van der Waals surface area contributed by atoms with Crippen molar-refractivity contribution < 1.29 is 76.3 Å². The number of hydrogen-bond acceptors (Lipinski definition) is 0. The van der Waals surface area contributed by atoms with Gasteiger partial charge in [0.15, 0.2) is 0 Å². The van der Waals surface area contributed by atoms with Crippen LogP contribution in [0.5, 0.6) is 0 Å². The van der Waals surface area contributed by atoms with Crippen molar-refractivity contribution in [3.63, 3.8) is 0 Å². The Labute approximate surface area is 143 Å². The zero-order chi connectivity index (χ0) is 2.00. The van der Waals surface area contributed by atoms with Crippen LogP contribution in [0.1, 0.15) is 0 Å². The summed E-state index contributed by atoms with van der Waals surface area (Å²) >= 11 is 0. The van der Waals surface area contributed by atoms with E-state index in [-0.39, 0.29) is 127 Å². The summed E-state index contributed by atoms with van der Waals surface area (Å²) in [6.07, 6.45) is 0. The molecule has 0 aromatic heterocycles. The van der Waals surface area contributed by atoms with E-state index in [1.54, 1.807) is 0 Å². The molecular formula is H10FeMgMnMoPbPtSi2. The fraction of sp³-hybridized carbons (Fsp3) is 0. The largest absolute Gasteiger partial charge is 0.0125 e. The molecule has 0 unspecified atom stereocenters. The van der Waals surface area contributed by atoms with Crippen LogP contribution in [0.25, 0.3) is 0 Å².